The van der Waals surface area contributed by atoms with Gasteiger partial charge in [-0.1, -0.05) is 31.4 Å². The van der Waals surface area contributed by atoms with E-state index in [-0.39, 0.29) is 0 Å². The normalized spacial score (nSPS) is 21.3. The van der Waals surface area contributed by atoms with E-state index in [2.05, 4.69) is 12.2 Å². The zero-order chi connectivity index (χ0) is 16.1. The van der Waals surface area contributed by atoms with Crippen molar-refractivity contribution in [1.82, 2.24) is 10.2 Å². The molecule has 1 aliphatic rings. The van der Waals surface area contributed by atoms with Gasteiger partial charge in [0.2, 0.25) is 0 Å². The molecule has 0 bridgehead atoms. The molecule has 3 nitrogen and oxygen atoms in total. The average Bonchev–Trinajstić information content (AvgIpc) is 2.49. The highest BCUT2D eigenvalue weighted by Gasteiger charge is 2.22. The minimum atomic E-state index is 0.491. The van der Waals surface area contributed by atoms with Gasteiger partial charge in [-0.3, -0.25) is 0 Å². The largest absolute Gasteiger partial charge is 0.496 e. The third-order valence-electron chi connectivity index (χ3n) is 4.42. The summed E-state index contributed by atoms with van der Waals surface area (Å²) in [5.41, 5.74) is 1.04. The number of hydrogen-bond donors (Lipinski definition) is 1. The Labute approximate surface area is 144 Å². The van der Waals surface area contributed by atoms with Gasteiger partial charge in [0.1, 0.15) is 5.75 Å². The molecule has 1 aromatic carbocycles. The second-order valence-corrected chi connectivity index (χ2v) is 6.95. The molecule has 122 valence electrons. The first kappa shape index (κ1) is 17.4. The fraction of sp³-hybridized carbons (Fsp3) is 0.588. The molecule has 2 atom stereocenters. The van der Waals surface area contributed by atoms with Gasteiger partial charge in [-0.15, -0.1) is 0 Å². The van der Waals surface area contributed by atoms with E-state index in [1.807, 2.05) is 30.1 Å². The Bertz CT molecular complexity index is 523. The predicted octanol–water partition coefficient (Wildman–Crippen LogP) is 4.23. The van der Waals surface area contributed by atoms with Crippen molar-refractivity contribution in [1.29, 1.82) is 0 Å². The van der Waals surface area contributed by atoms with Crippen LogP contribution in [0.4, 0.5) is 0 Å². The maximum Gasteiger partial charge on any atom is 0.169 e. The van der Waals surface area contributed by atoms with E-state index in [0.717, 1.165) is 16.4 Å². The molecule has 1 aliphatic carbocycles. The van der Waals surface area contributed by atoms with Crippen molar-refractivity contribution in [2.75, 3.05) is 14.2 Å². The Balaban J connectivity index is 1.97. The molecular weight excluding hydrogens is 316 g/mol. The zero-order valence-electron chi connectivity index (χ0n) is 13.6. The Morgan fingerprint density at radius 1 is 1.41 bits per heavy atom. The fourth-order valence-electron chi connectivity index (χ4n) is 3.00. The standard InChI is InChI=1S/C17H25ClN2OS/c1-12-6-4-5-7-15(12)19-17(22)20(2)11-13-10-14(18)8-9-16(13)21-3/h8-10,12,15H,4-7,11H2,1-3H3,(H,19,22)/t12-,15+/m1/s1. The maximum atomic E-state index is 6.09. The van der Waals surface area contributed by atoms with Gasteiger partial charge in [0.15, 0.2) is 5.11 Å². The molecule has 0 unspecified atom stereocenters. The quantitative estimate of drug-likeness (QED) is 0.829. The summed E-state index contributed by atoms with van der Waals surface area (Å²) in [7, 11) is 3.68. The van der Waals surface area contributed by atoms with Crippen LogP contribution in [0.2, 0.25) is 5.02 Å². The number of ether oxygens (including phenoxy) is 1. The topological polar surface area (TPSA) is 24.5 Å². The second kappa shape index (κ2) is 8.02. The molecule has 0 saturated heterocycles. The maximum absolute atomic E-state index is 6.09. The van der Waals surface area contributed by atoms with E-state index >= 15 is 0 Å². The van der Waals surface area contributed by atoms with Crippen molar-refractivity contribution in [2.45, 2.75) is 45.2 Å². The number of hydrogen-bond acceptors (Lipinski definition) is 2. The third-order valence-corrected chi connectivity index (χ3v) is 5.08. The molecule has 5 heteroatoms. The van der Waals surface area contributed by atoms with Gasteiger partial charge in [0.25, 0.3) is 0 Å². The molecule has 1 N–H and O–H groups in total. The van der Waals surface area contributed by atoms with Crippen molar-refractivity contribution in [3.63, 3.8) is 0 Å². The summed E-state index contributed by atoms with van der Waals surface area (Å²) in [6, 6.07) is 6.16. The van der Waals surface area contributed by atoms with Crippen LogP contribution in [-0.2, 0) is 6.54 Å². The highest BCUT2D eigenvalue weighted by atomic mass is 35.5. The Hall–Kier alpha value is -1.00. The van der Waals surface area contributed by atoms with Gasteiger partial charge in [-0.25, -0.2) is 0 Å². The van der Waals surface area contributed by atoms with Crippen LogP contribution in [0.15, 0.2) is 18.2 Å². The van der Waals surface area contributed by atoms with Crippen LogP contribution in [0.5, 0.6) is 5.75 Å². The van der Waals surface area contributed by atoms with E-state index in [1.165, 1.54) is 25.7 Å². The molecule has 0 heterocycles. The molecule has 1 fully saturated rings. The number of benzene rings is 1. The summed E-state index contributed by atoms with van der Waals surface area (Å²) in [5.74, 6) is 1.52. The van der Waals surface area contributed by atoms with Gasteiger partial charge < -0.3 is 15.0 Å². The summed E-state index contributed by atoms with van der Waals surface area (Å²) < 4.78 is 5.40. The van der Waals surface area contributed by atoms with E-state index in [4.69, 9.17) is 28.6 Å². The van der Waals surface area contributed by atoms with E-state index in [1.54, 1.807) is 7.11 Å². The molecular formula is C17H25ClN2OS. The minimum absolute atomic E-state index is 0.491. The van der Waals surface area contributed by atoms with Crippen molar-refractivity contribution >= 4 is 28.9 Å². The third kappa shape index (κ3) is 4.50. The average molecular weight is 341 g/mol. The Kier molecular flexibility index (Phi) is 6.33. The monoisotopic (exact) mass is 340 g/mol. The summed E-state index contributed by atoms with van der Waals surface area (Å²) in [4.78, 5) is 2.05. The first-order valence-corrected chi connectivity index (χ1v) is 8.64. The first-order valence-electron chi connectivity index (χ1n) is 7.85. The van der Waals surface area contributed by atoms with Crippen LogP contribution < -0.4 is 10.1 Å². The molecule has 1 saturated carbocycles. The number of methoxy groups -OCH3 is 1. The van der Waals surface area contributed by atoms with Gasteiger partial charge >= 0.3 is 0 Å². The summed E-state index contributed by atoms with van der Waals surface area (Å²) in [6.07, 6.45) is 5.11. The van der Waals surface area contributed by atoms with E-state index in [0.29, 0.717) is 23.5 Å². The van der Waals surface area contributed by atoms with Crippen LogP contribution in [0.3, 0.4) is 0 Å². The van der Waals surface area contributed by atoms with Crippen LogP contribution in [-0.4, -0.2) is 30.2 Å². The number of halogens is 1. The van der Waals surface area contributed by atoms with E-state index < -0.39 is 0 Å². The van der Waals surface area contributed by atoms with Crippen LogP contribution >= 0.6 is 23.8 Å². The van der Waals surface area contributed by atoms with Crippen molar-refractivity contribution in [3.8, 4) is 5.75 Å². The predicted molar refractivity (Wildman–Crippen MR) is 96.6 cm³/mol. The molecule has 0 radical (unpaired) electrons. The van der Waals surface area contributed by atoms with Gasteiger partial charge in [-0.05, 0) is 49.2 Å². The molecule has 0 spiro atoms. The number of thiocarbonyl (C=S) groups is 1. The van der Waals surface area contributed by atoms with Crippen LogP contribution in [0.1, 0.15) is 38.2 Å². The van der Waals surface area contributed by atoms with Crippen molar-refractivity contribution < 1.29 is 4.74 Å². The Morgan fingerprint density at radius 3 is 2.82 bits per heavy atom. The number of nitrogens with one attached hydrogen (secondary N) is 1. The number of rotatable bonds is 4. The molecule has 1 aromatic rings. The molecule has 2 rings (SSSR count). The van der Waals surface area contributed by atoms with E-state index in [9.17, 15) is 0 Å². The lowest BCUT2D eigenvalue weighted by Crippen LogP contribution is -2.46. The fourth-order valence-corrected chi connectivity index (χ4v) is 3.41. The molecule has 0 aromatic heterocycles. The lowest BCUT2D eigenvalue weighted by atomic mass is 9.86. The van der Waals surface area contributed by atoms with Crippen LogP contribution in [0.25, 0.3) is 0 Å². The van der Waals surface area contributed by atoms with Crippen LogP contribution in [0, 0.1) is 5.92 Å². The molecule has 0 aliphatic heterocycles. The second-order valence-electron chi connectivity index (χ2n) is 6.13. The summed E-state index contributed by atoms with van der Waals surface area (Å²) >= 11 is 11.7. The smallest absolute Gasteiger partial charge is 0.169 e. The highest BCUT2D eigenvalue weighted by molar-refractivity contribution is 7.80. The lowest BCUT2D eigenvalue weighted by molar-refractivity contribution is 0.300. The highest BCUT2D eigenvalue weighted by Crippen LogP contribution is 2.25. The van der Waals surface area contributed by atoms with Crippen molar-refractivity contribution in [2.24, 2.45) is 5.92 Å². The Morgan fingerprint density at radius 2 is 2.14 bits per heavy atom. The first-order chi connectivity index (χ1) is 10.5. The van der Waals surface area contributed by atoms with Gasteiger partial charge in [0, 0.05) is 30.2 Å². The summed E-state index contributed by atoms with van der Waals surface area (Å²) in [5, 5.41) is 5.03. The SMILES string of the molecule is COc1ccc(Cl)cc1CN(C)C(=S)N[C@H]1CCCC[C@H]1C. The lowest BCUT2D eigenvalue weighted by Gasteiger charge is -2.33. The molecule has 0 amide bonds. The minimum Gasteiger partial charge on any atom is -0.496 e. The van der Waals surface area contributed by atoms with Gasteiger partial charge in [-0.2, -0.15) is 0 Å². The molecule has 22 heavy (non-hydrogen) atoms. The summed E-state index contributed by atoms with van der Waals surface area (Å²) in [6.45, 7) is 2.98. The van der Waals surface area contributed by atoms with Crippen molar-refractivity contribution in [3.05, 3.63) is 28.8 Å². The van der Waals surface area contributed by atoms with Gasteiger partial charge in [0.05, 0.1) is 7.11 Å². The number of nitrogens with zero attached hydrogens (tertiary/aromatic N) is 1. The zero-order valence-corrected chi connectivity index (χ0v) is 15.1.